The number of rotatable bonds is 4. The van der Waals surface area contributed by atoms with Crippen molar-refractivity contribution < 1.29 is 35.5 Å². The second kappa shape index (κ2) is 7.23. The number of ether oxygens (including phenoxy) is 1. The highest BCUT2D eigenvalue weighted by atomic mass is 79.9. The quantitative estimate of drug-likeness (QED) is 0.553. The highest BCUT2D eigenvalue weighted by Crippen LogP contribution is 2.36. The molecule has 0 saturated heterocycles. The average molecular weight is 456 g/mol. The lowest BCUT2D eigenvalue weighted by Gasteiger charge is -2.14. The van der Waals surface area contributed by atoms with E-state index in [9.17, 15) is 30.8 Å². The summed E-state index contributed by atoms with van der Waals surface area (Å²) in [6.45, 7) is 0. The van der Waals surface area contributed by atoms with Crippen molar-refractivity contribution in [3.63, 3.8) is 0 Å². The van der Waals surface area contributed by atoms with Crippen LogP contribution in [0.4, 0.5) is 23.2 Å². The number of anilines is 1. The number of halogens is 5. The largest absolute Gasteiger partial charge is 0.465 e. The number of carbonyl (C=O) groups is 1. The first-order chi connectivity index (χ1) is 12.0. The third kappa shape index (κ3) is 4.33. The van der Waals surface area contributed by atoms with Crippen molar-refractivity contribution in [3.8, 4) is 0 Å². The number of methoxy groups -OCH3 is 1. The van der Waals surface area contributed by atoms with E-state index in [1.54, 1.807) is 0 Å². The molecule has 0 fully saturated rings. The summed E-state index contributed by atoms with van der Waals surface area (Å²) in [5.74, 6) is -2.00. The van der Waals surface area contributed by atoms with E-state index in [1.165, 1.54) is 0 Å². The zero-order valence-corrected chi connectivity index (χ0v) is 15.3. The van der Waals surface area contributed by atoms with Crippen LogP contribution in [0.3, 0.4) is 0 Å². The summed E-state index contributed by atoms with van der Waals surface area (Å²) in [6.07, 6.45) is -4.73. The lowest BCUT2D eigenvalue weighted by Crippen LogP contribution is -2.18. The van der Waals surface area contributed by atoms with Crippen molar-refractivity contribution in [3.05, 3.63) is 57.8 Å². The summed E-state index contributed by atoms with van der Waals surface area (Å²) in [5.41, 5.74) is -1.99. The fourth-order valence-electron chi connectivity index (χ4n) is 2.01. The number of benzene rings is 2. The third-order valence-corrected chi connectivity index (χ3v) is 5.28. The molecule has 0 radical (unpaired) electrons. The van der Waals surface area contributed by atoms with Gasteiger partial charge in [0.25, 0.3) is 10.0 Å². The van der Waals surface area contributed by atoms with Gasteiger partial charge in [-0.2, -0.15) is 13.2 Å². The molecule has 0 amide bonds. The Morgan fingerprint density at radius 1 is 1.15 bits per heavy atom. The van der Waals surface area contributed by atoms with E-state index in [4.69, 9.17) is 0 Å². The van der Waals surface area contributed by atoms with Crippen LogP contribution in [0.15, 0.2) is 45.8 Å². The molecule has 2 aromatic carbocycles. The number of carbonyl (C=O) groups excluding carboxylic acids is 1. The lowest BCUT2D eigenvalue weighted by atomic mass is 10.2. The van der Waals surface area contributed by atoms with Crippen LogP contribution in [0.5, 0.6) is 0 Å². The maximum Gasteiger partial charge on any atom is 0.417 e. The Morgan fingerprint density at radius 2 is 1.81 bits per heavy atom. The fourth-order valence-corrected chi connectivity index (χ4v) is 3.74. The summed E-state index contributed by atoms with van der Waals surface area (Å²) in [6, 6.07) is 4.98. The second-order valence-corrected chi connectivity index (χ2v) is 7.44. The molecule has 0 atom stereocenters. The summed E-state index contributed by atoms with van der Waals surface area (Å²) >= 11 is 2.73. The molecule has 0 saturated carbocycles. The first kappa shape index (κ1) is 20.2. The van der Waals surface area contributed by atoms with E-state index in [2.05, 4.69) is 20.7 Å². The van der Waals surface area contributed by atoms with E-state index >= 15 is 0 Å². The van der Waals surface area contributed by atoms with Crippen molar-refractivity contribution in [2.24, 2.45) is 0 Å². The molecular formula is C15H10BrF4NO4S. The van der Waals surface area contributed by atoms with E-state index in [0.29, 0.717) is 12.1 Å². The van der Waals surface area contributed by atoms with Crippen LogP contribution in [0.25, 0.3) is 0 Å². The summed E-state index contributed by atoms with van der Waals surface area (Å²) in [5, 5.41) is 0. The van der Waals surface area contributed by atoms with Crippen molar-refractivity contribution >= 4 is 37.6 Å². The molecule has 0 spiro atoms. The maximum atomic E-state index is 13.5. The summed E-state index contributed by atoms with van der Waals surface area (Å²) < 4.78 is 83.2. The van der Waals surface area contributed by atoms with Crippen molar-refractivity contribution in [2.45, 2.75) is 11.1 Å². The molecule has 0 aliphatic carbocycles. The third-order valence-electron chi connectivity index (χ3n) is 3.16. The van der Waals surface area contributed by atoms with Gasteiger partial charge >= 0.3 is 12.1 Å². The highest BCUT2D eigenvalue weighted by Gasteiger charge is 2.33. The molecule has 2 rings (SSSR count). The number of alkyl halides is 3. The molecule has 26 heavy (non-hydrogen) atoms. The number of esters is 1. The van der Waals surface area contributed by atoms with Gasteiger partial charge in [0, 0.05) is 10.2 Å². The predicted octanol–water partition coefficient (Wildman–Crippen LogP) is 4.19. The van der Waals surface area contributed by atoms with Gasteiger partial charge in [0.1, 0.15) is 10.7 Å². The van der Waals surface area contributed by atoms with Crippen LogP contribution < -0.4 is 4.72 Å². The molecule has 2 aromatic rings. The van der Waals surface area contributed by atoms with Crippen LogP contribution in [0.1, 0.15) is 15.9 Å². The minimum atomic E-state index is -4.73. The van der Waals surface area contributed by atoms with Gasteiger partial charge in [0.15, 0.2) is 0 Å². The minimum Gasteiger partial charge on any atom is -0.465 e. The number of hydrogen-bond donors (Lipinski definition) is 1. The Hall–Kier alpha value is -2.14. The number of hydrogen-bond acceptors (Lipinski definition) is 4. The van der Waals surface area contributed by atoms with E-state index in [-0.39, 0.29) is 4.47 Å². The Balaban J connectivity index is 2.51. The van der Waals surface area contributed by atoms with Gasteiger partial charge in [-0.25, -0.2) is 17.6 Å². The molecule has 0 bridgehead atoms. The van der Waals surface area contributed by atoms with Gasteiger partial charge in [-0.3, -0.25) is 4.72 Å². The van der Waals surface area contributed by atoms with Gasteiger partial charge in [-0.05, 0) is 36.4 Å². The molecule has 0 unspecified atom stereocenters. The van der Waals surface area contributed by atoms with Crippen molar-refractivity contribution in [1.82, 2.24) is 0 Å². The molecule has 140 valence electrons. The topological polar surface area (TPSA) is 72.5 Å². The molecule has 11 heteroatoms. The van der Waals surface area contributed by atoms with Gasteiger partial charge in [-0.1, -0.05) is 15.9 Å². The summed E-state index contributed by atoms with van der Waals surface area (Å²) in [7, 11) is -3.57. The SMILES string of the molecule is COC(=O)c1ccc(F)cc1S(=O)(=O)Nc1ccc(Br)c(C(F)(F)F)c1. The van der Waals surface area contributed by atoms with E-state index < -0.39 is 49.7 Å². The first-order valence-corrected chi connectivity index (χ1v) is 9.01. The molecule has 0 aliphatic rings. The average Bonchev–Trinajstić information content (AvgIpc) is 2.54. The number of sulfonamides is 1. The van der Waals surface area contributed by atoms with Crippen LogP contribution in [-0.2, 0) is 20.9 Å². The minimum absolute atomic E-state index is 0.283. The Labute approximate surface area is 154 Å². The normalized spacial score (nSPS) is 11.9. The standard InChI is InChI=1S/C15H10BrF4NO4S/c1-25-14(22)10-4-2-8(17)6-13(10)26(23,24)21-9-3-5-12(16)11(7-9)15(18,19)20/h2-7,21H,1H3. The fraction of sp³-hybridized carbons (Fsp3) is 0.133. The first-order valence-electron chi connectivity index (χ1n) is 6.73. The highest BCUT2D eigenvalue weighted by molar-refractivity contribution is 9.10. The molecule has 0 aromatic heterocycles. The van der Waals surface area contributed by atoms with Gasteiger partial charge in [-0.15, -0.1) is 0 Å². The molecule has 0 heterocycles. The monoisotopic (exact) mass is 455 g/mol. The summed E-state index contributed by atoms with van der Waals surface area (Å²) in [4.78, 5) is 10.9. The predicted molar refractivity (Wildman–Crippen MR) is 87.7 cm³/mol. The van der Waals surface area contributed by atoms with Crippen LogP contribution in [0, 0.1) is 5.82 Å². The zero-order chi connectivity index (χ0) is 19.7. The Kier molecular flexibility index (Phi) is 5.61. The Morgan fingerprint density at radius 3 is 2.38 bits per heavy atom. The van der Waals surface area contributed by atoms with Crippen LogP contribution >= 0.6 is 15.9 Å². The van der Waals surface area contributed by atoms with E-state index in [0.717, 1.165) is 31.4 Å². The van der Waals surface area contributed by atoms with Gasteiger partial charge < -0.3 is 4.74 Å². The Bertz CT molecular complexity index is 961. The van der Waals surface area contributed by atoms with Gasteiger partial charge in [0.2, 0.25) is 0 Å². The second-order valence-electron chi connectivity index (χ2n) is 4.93. The van der Waals surface area contributed by atoms with E-state index in [1.807, 2.05) is 4.72 Å². The smallest absolute Gasteiger partial charge is 0.417 e. The molecule has 1 N–H and O–H groups in total. The van der Waals surface area contributed by atoms with Crippen LogP contribution in [0.2, 0.25) is 0 Å². The molecule has 0 aliphatic heterocycles. The van der Waals surface area contributed by atoms with Crippen molar-refractivity contribution in [2.75, 3.05) is 11.8 Å². The number of nitrogens with one attached hydrogen (secondary N) is 1. The lowest BCUT2D eigenvalue weighted by molar-refractivity contribution is -0.138. The zero-order valence-electron chi connectivity index (χ0n) is 12.9. The maximum absolute atomic E-state index is 13.5. The van der Waals surface area contributed by atoms with Crippen molar-refractivity contribution in [1.29, 1.82) is 0 Å². The molecule has 5 nitrogen and oxygen atoms in total. The molecular weight excluding hydrogens is 446 g/mol. The van der Waals surface area contributed by atoms with Gasteiger partial charge in [0.05, 0.1) is 18.2 Å². The van der Waals surface area contributed by atoms with Crippen LogP contribution in [-0.4, -0.2) is 21.5 Å².